The van der Waals surface area contributed by atoms with Gasteiger partial charge in [0.1, 0.15) is 11.5 Å². The van der Waals surface area contributed by atoms with Gasteiger partial charge >= 0.3 is 0 Å². The van der Waals surface area contributed by atoms with Gasteiger partial charge in [0.2, 0.25) is 0 Å². The number of hydrogen-bond acceptors (Lipinski definition) is 2. The molecule has 0 aliphatic heterocycles. The molecule has 0 radical (unpaired) electrons. The summed E-state index contributed by atoms with van der Waals surface area (Å²) in [5.74, 6) is -0.445. The Bertz CT molecular complexity index is 907. The summed E-state index contributed by atoms with van der Waals surface area (Å²) in [5.41, 5.74) is 2.45. The van der Waals surface area contributed by atoms with Crippen molar-refractivity contribution in [3.8, 4) is 0 Å². The molecular formula is C19H19FN2OS. The molecule has 0 bridgehead atoms. The number of carbonyl (C=O) groups is 1. The third-order valence-corrected chi connectivity index (χ3v) is 4.80. The second-order valence-corrected chi connectivity index (χ2v) is 6.92. The van der Waals surface area contributed by atoms with Crippen molar-refractivity contribution in [2.45, 2.75) is 26.9 Å². The zero-order valence-electron chi connectivity index (χ0n) is 13.7. The van der Waals surface area contributed by atoms with Gasteiger partial charge in [-0.05, 0) is 43.7 Å². The first kappa shape index (κ1) is 16.5. The molecule has 0 saturated heterocycles. The number of halogens is 1. The van der Waals surface area contributed by atoms with Gasteiger partial charge < -0.3 is 9.88 Å². The topological polar surface area (TPSA) is 34.0 Å². The number of nitrogens with zero attached hydrogens (tertiary/aromatic N) is 1. The molecule has 0 unspecified atom stereocenters. The van der Waals surface area contributed by atoms with Gasteiger partial charge in [-0.2, -0.15) is 0 Å². The molecule has 0 aliphatic rings. The van der Waals surface area contributed by atoms with Crippen molar-refractivity contribution in [2.24, 2.45) is 0 Å². The summed E-state index contributed by atoms with van der Waals surface area (Å²) < 4.78 is 16.3. The lowest BCUT2D eigenvalue weighted by Gasteiger charge is -2.09. The average molecular weight is 342 g/mol. The number of thiophene rings is 1. The summed E-state index contributed by atoms with van der Waals surface area (Å²) in [7, 11) is 0. The van der Waals surface area contributed by atoms with Crippen LogP contribution in [0, 0.1) is 12.7 Å². The summed E-state index contributed by atoms with van der Waals surface area (Å²) in [5, 5.41) is 2.88. The molecule has 0 spiro atoms. The van der Waals surface area contributed by atoms with Crippen LogP contribution >= 0.6 is 11.3 Å². The fourth-order valence-electron chi connectivity index (χ4n) is 2.68. The number of hydrogen-bond donors (Lipinski definition) is 1. The van der Waals surface area contributed by atoms with Crippen LogP contribution in [0.1, 0.15) is 27.9 Å². The van der Waals surface area contributed by atoms with Gasteiger partial charge in [0.25, 0.3) is 5.91 Å². The lowest BCUT2D eigenvalue weighted by atomic mass is 10.2. The molecular weight excluding hydrogens is 323 g/mol. The Morgan fingerprint density at radius 1 is 1.33 bits per heavy atom. The van der Waals surface area contributed by atoms with Crippen LogP contribution < -0.4 is 5.32 Å². The Balaban J connectivity index is 1.84. The first-order valence-electron chi connectivity index (χ1n) is 7.82. The molecule has 3 nitrogen and oxygen atoms in total. The summed E-state index contributed by atoms with van der Waals surface area (Å²) in [6.45, 7) is 4.98. The van der Waals surface area contributed by atoms with E-state index in [2.05, 4.69) is 18.3 Å². The van der Waals surface area contributed by atoms with E-state index >= 15 is 0 Å². The molecule has 1 amide bonds. The van der Waals surface area contributed by atoms with E-state index in [1.807, 2.05) is 29.7 Å². The molecule has 124 valence electrons. The van der Waals surface area contributed by atoms with Gasteiger partial charge in [-0.3, -0.25) is 4.79 Å². The van der Waals surface area contributed by atoms with E-state index in [0.29, 0.717) is 18.8 Å². The maximum absolute atomic E-state index is 13.2. The molecule has 0 atom stereocenters. The van der Waals surface area contributed by atoms with Crippen molar-refractivity contribution in [1.82, 2.24) is 9.88 Å². The highest BCUT2D eigenvalue weighted by atomic mass is 32.1. The number of benzene rings is 1. The van der Waals surface area contributed by atoms with E-state index in [9.17, 15) is 9.18 Å². The molecule has 1 N–H and O–H groups in total. The molecule has 2 heterocycles. The van der Waals surface area contributed by atoms with Gasteiger partial charge in [0.05, 0.1) is 10.2 Å². The van der Waals surface area contributed by atoms with Crippen LogP contribution in [0.2, 0.25) is 0 Å². The molecule has 3 aromatic rings. The van der Waals surface area contributed by atoms with E-state index in [-0.39, 0.29) is 11.7 Å². The smallest absolute Gasteiger partial charge is 0.268 e. The predicted octanol–water partition coefficient (Wildman–Crippen LogP) is 4.66. The number of fused-ring (bicyclic) bond motifs is 1. The van der Waals surface area contributed by atoms with E-state index in [1.54, 1.807) is 23.5 Å². The van der Waals surface area contributed by atoms with Gasteiger partial charge in [0.15, 0.2) is 0 Å². The number of aryl methyl sites for hydroxylation is 1. The lowest BCUT2D eigenvalue weighted by molar-refractivity contribution is 0.0942. The van der Waals surface area contributed by atoms with Crippen molar-refractivity contribution < 1.29 is 9.18 Å². The molecule has 0 saturated carbocycles. The number of aromatic nitrogens is 1. The van der Waals surface area contributed by atoms with Crippen molar-refractivity contribution in [3.05, 3.63) is 70.5 Å². The highest BCUT2D eigenvalue weighted by Crippen LogP contribution is 2.28. The van der Waals surface area contributed by atoms with Gasteiger partial charge in [0, 0.05) is 18.0 Å². The predicted molar refractivity (Wildman–Crippen MR) is 96.9 cm³/mol. The van der Waals surface area contributed by atoms with Gasteiger partial charge in [-0.1, -0.05) is 24.3 Å². The highest BCUT2D eigenvalue weighted by molar-refractivity contribution is 7.19. The van der Waals surface area contributed by atoms with Gasteiger partial charge in [-0.15, -0.1) is 11.3 Å². The van der Waals surface area contributed by atoms with Crippen LogP contribution in [0.3, 0.4) is 0 Å². The zero-order chi connectivity index (χ0) is 17.1. The van der Waals surface area contributed by atoms with E-state index in [4.69, 9.17) is 0 Å². The summed E-state index contributed by atoms with van der Waals surface area (Å²) in [6, 6.07) is 10.3. The number of carbonyl (C=O) groups excluding carboxylic acids is 1. The molecule has 2 aromatic heterocycles. The van der Waals surface area contributed by atoms with E-state index in [0.717, 1.165) is 15.8 Å². The molecule has 24 heavy (non-hydrogen) atoms. The zero-order valence-corrected chi connectivity index (χ0v) is 14.5. The molecule has 3 rings (SSSR count). The van der Waals surface area contributed by atoms with Crippen LogP contribution in [0.4, 0.5) is 4.39 Å². The minimum Gasteiger partial charge on any atom is -0.347 e. The quantitative estimate of drug-likeness (QED) is 0.673. The number of amides is 1. The highest BCUT2D eigenvalue weighted by Gasteiger charge is 2.16. The summed E-state index contributed by atoms with van der Waals surface area (Å²) in [6.07, 6.45) is 4.00. The first-order chi connectivity index (χ1) is 11.6. The molecule has 0 fully saturated rings. The maximum Gasteiger partial charge on any atom is 0.268 e. The fourth-order valence-corrected chi connectivity index (χ4v) is 3.64. The second-order valence-electron chi connectivity index (χ2n) is 5.63. The Kier molecular flexibility index (Phi) is 4.81. The Hall–Kier alpha value is -2.40. The third kappa shape index (κ3) is 3.41. The molecule has 5 heteroatoms. The van der Waals surface area contributed by atoms with Crippen molar-refractivity contribution >= 4 is 27.5 Å². The summed E-state index contributed by atoms with van der Waals surface area (Å²) >= 11 is 1.68. The van der Waals surface area contributed by atoms with Crippen LogP contribution in [-0.4, -0.2) is 10.5 Å². The van der Waals surface area contributed by atoms with Crippen LogP contribution in [0.25, 0.3) is 10.2 Å². The molecule has 1 aromatic carbocycles. The minimum absolute atomic E-state index is 0.148. The Labute approximate surface area is 144 Å². The normalized spacial score (nSPS) is 11.5. The largest absolute Gasteiger partial charge is 0.347 e. The SMILES string of the molecule is C/C=C/Cn1c(C(=O)NCc2cccc(F)c2)cc2sc(C)cc21. The van der Waals surface area contributed by atoms with E-state index < -0.39 is 0 Å². The van der Waals surface area contributed by atoms with Crippen molar-refractivity contribution in [3.63, 3.8) is 0 Å². The van der Waals surface area contributed by atoms with Crippen molar-refractivity contribution in [1.29, 1.82) is 0 Å². The second kappa shape index (κ2) is 7.01. The Morgan fingerprint density at radius 2 is 2.17 bits per heavy atom. The lowest BCUT2D eigenvalue weighted by Crippen LogP contribution is -2.25. The van der Waals surface area contributed by atoms with Crippen LogP contribution in [0.15, 0.2) is 48.6 Å². The Morgan fingerprint density at radius 3 is 2.92 bits per heavy atom. The fraction of sp³-hybridized carbons (Fsp3) is 0.211. The first-order valence-corrected chi connectivity index (χ1v) is 8.63. The number of nitrogens with one attached hydrogen (secondary N) is 1. The van der Waals surface area contributed by atoms with E-state index in [1.165, 1.54) is 17.0 Å². The third-order valence-electron chi connectivity index (χ3n) is 3.81. The monoisotopic (exact) mass is 342 g/mol. The minimum atomic E-state index is -0.297. The number of allylic oxidation sites excluding steroid dienone is 2. The van der Waals surface area contributed by atoms with Crippen LogP contribution in [0.5, 0.6) is 0 Å². The summed E-state index contributed by atoms with van der Waals surface area (Å²) in [4.78, 5) is 13.8. The standard InChI is InChI=1S/C19H19FN2OS/c1-3-4-8-22-16-9-13(2)24-18(16)11-17(22)19(23)21-12-14-6-5-7-15(20)10-14/h3-7,9-11H,8,12H2,1-2H3,(H,21,23)/b4-3+. The van der Waals surface area contributed by atoms with Crippen molar-refractivity contribution in [2.75, 3.05) is 0 Å². The van der Waals surface area contributed by atoms with Crippen LogP contribution in [-0.2, 0) is 13.1 Å². The molecule has 0 aliphatic carbocycles. The van der Waals surface area contributed by atoms with Gasteiger partial charge in [-0.25, -0.2) is 4.39 Å². The maximum atomic E-state index is 13.2. The average Bonchev–Trinajstić information content (AvgIpc) is 3.07. The number of rotatable bonds is 5.